The zero-order chi connectivity index (χ0) is 18.1. The van der Waals surface area contributed by atoms with E-state index in [0.717, 1.165) is 0 Å². The number of carbonyl (C=O) groups excluding carboxylic acids is 2. The molecule has 2 rings (SSSR count). The lowest BCUT2D eigenvalue weighted by Gasteiger charge is -2.39. The van der Waals surface area contributed by atoms with Crippen LogP contribution in [0.3, 0.4) is 0 Å². The molecule has 24 heavy (non-hydrogen) atoms. The van der Waals surface area contributed by atoms with Crippen LogP contribution in [-0.4, -0.2) is 50.4 Å². The van der Waals surface area contributed by atoms with Crippen molar-refractivity contribution in [2.24, 2.45) is 5.92 Å². The average molecular weight is 458 g/mol. The maximum atomic E-state index is 12.6. The van der Waals surface area contributed by atoms with Crippen molar-refractivity contribution in [3.63, 3.8) is 0 Å². The molecule has 10 heteroatoms. The normalized spacial score (nSPS) is 23.4. The van der Waals surface area contributed by atoms with E-state index in [1.165, 1.54) is 0 Å². The van der Waals surface area contributed by atoms with Crippen molar-refractivity contribution in [3.8, 4) is 0 Å². The van der Waals surface area contributed by atoms with Crippen LogP contribution in [-0.2, 0) is 14.3 Å². The maximum absolute atomic E-state index is 12.6. The topological polar surface area (TPSA) is 46.6 Å². The van der Waals surface area contributed by atoms with E-state index < -0.39 is 25.1 Å². The molecule has 1 unspecified atom stereocenters. The van der Waals surface area contributed by atoms with E-state index in [0.29, 0.717) is 56.8 Å². The summed E-state index contributed by atoms with van der Waals surface area (Å²) in [5.41, 5.74) is 0.813. The zero-order valence-electron chi connectivity index (χ0n) is 12.5. The molecule has 0 aromatic rings. The van der Waals surface area contributed by atoms with E-state index >= 15 is 0 Å². The first-order valence-electron chi connectivity index (χ1n) is 7.31. The van der Waals surface area contributed by atoms with Gasteiger partial charge in [0.05, 0.1) is 19.1 Å². The molecule has 1 fully saturated rings. The lowest BCUT2D eigenvalue weighted by molar-refractivity contribution is -0.122. The molecule has 136 valence electrons. The summed E-state index contributed by atoms with van der Waals surface area (Å²) < 4.78 is 1.15. The van der Waals surface area contributed by atoms with E-state index in [4.69, 9.17) is 74.3 Å². The number of ketones is 2. The smallest absolute Gasteiger partial charge is 0.253 e. The van der Waals surface area contributed by atoms with Crippen molar-refractivity contribution in [3.05, 3.63) is 11.3 Å². The molecule has 0 radical (unpaired) electrons. The van der Waals surface area contributed by atoms with Crippen molar-refractivity contribution < 1.29 is 14.3 Å². The van der Waals surface area contributed by atoms with E-state index in [2.05, 4.69) is 0 Å². The molecular formula is C14H15Cl6NO3. The number of halogens is 6. The van der Waals surface area contributed by atoms with Crippen LogP contribution in [0.4, 0.5) is 0 Å². The summed E-state index contributed by atoms with van der Waals surface area (Å²) in [6.45, 7) is 1.95. The highest BCUT2D eigenvalue weighted by Crippen LogP contribution is 2.43. The van der Waals surface area contributed by atoms with Gasteiger partial charge >= 0.3 is 0 Å². The predicted molar refractivity (Wildman–Crippen MR) is 97.4 cm³/mol. The number of morpholine rings is 1. The van der Waals surface area contributed by atoms with Gasteiger partial charge in [-0.25, -0.2) is 0 Å². The van der Waals surface area contributed by atoms with Crippen molar-refractivity contribution in [2.45, 2.75) is 26.8 Å². The van der Waals surface area contributed by atoms with Crippen molar-refractivity contribution in [1.82, 2.24) is 4.90 Å². The third kappa shape index (κ3) is 4.85. The Kier molecular flexibility index (Phi) is 7.03. The highest BCUT2D eigenvalue weighted by atomic mass is 35.6. The second-order valence-corrected chi connectivity index (χ2v) is 10.2. The van der Waals surface area contributed by atoms with Crippen molar-refractivity contribution >= 4 is 81.2 Å². The van der Waals surface area contributed by atoms with Crippen molar-refractivity contribution in [1.29, 1.82) is 0 Å². The minimum atomic E-state index is -2.10. The van der Waals surface area contributed by atoms with Gasteiger partial charge in [-0.15, -0.1) is 0 Å². The van der Waals surface area contributed by atoms with E-state index in [1.807, 2.05) is 4.90 Å². The van der Waals surface area contributed by atoms with Crippen LogP contribution in [0.15, 0.2) is 11.3 Å². The first kappa shape index (κ1) is 20.9. The van der Waals surface area contributed by atoms with E-state index in [1.54, 1.807) is 0 Å². The standard InChI is InChI=1S/C14H15Cl6NO3/c15-13(16,17)11(22)8-2-1-3-9(12(23)14(18,19)20)10(8)21-4-6-24-7-5-21/h8H,1-7H2. The van der Waals surface area contributed by atoms with Crippen LogP contribution >= 0.6 is 69.6 Å². The first-order valence-corrected chi connectivity index (χ1v) is 9.58. The Morgan fingerprint density at radius 3 is 2.08 bits per heavy atom. The summed E-state index contributed by atoms with van der Waals surface area (Å²) in [6, 6.07) is 0. The van der Waals surface area contributed by atoms with Crippen LogP contribution < -0.4 is 0 Å². The van der Waals surface area contributed by atoms with Crippen molar-refractivity contribution in [2.75, 3.05) is 26.3 Å². The Bertz CT molecular complexity index is 546. The maximum Gasteiger partial charge on any atom is 0.253 e. The molecule has 0 N–H and O–H groups in total. The van der Waals surface area contributed by atoms with E-state index in [9.17, 15) is 9.59 Å². The van der Waals surface area contributed by atoms with Gasteiger partial charge in [-0.05, 0) is 19.3 Å². The van der Waals surface area contributed by atoms with Gasteiger partial charge in [-0.3, -0.25) is 9.59 Å². The molecule has 4 nitrogen and oxygen atoms in total. The number of nitrogens with zero attached hydrogens (tertiary/aromatic N) is 1. The molecule has 0 saturated carbocycles. The number of rotatable bonds is 3. The number of hydrogen-bond donors (Lipinski definition) is 0. The molecule has 0 bridgehead atoms. The number of alkyl halides is 6. The van der Waals surface area contributed by atoms with Gasteiger partial charge in [-0.2, -0.15) is 0 Å². The van der Waals surface area contributed by atoms with Gasteiger partial charge in [0, 0.05) is 24.4 Å². The number of ether oxygens (including phenoxy) is 1. The zero-order valence-corrected chi connectivity index (χ0v) is 17.0. The van der Waals surface area contributed by atoms with Gasteiger partial charge in [0.1, 0.15) is 0 Å². The first-order chi connectivity index (χ1) is 11.0. The highest BCUT2D eigenvalue weighted by molar-refractivity contribution is 6.77. The fourth-order valence-corrected chi connectivity index (χ4v) is 3.76. The summed E-state index contributed by atoms with van der Waals surface area (Å²) in [4.78, 5) is 27.1. The monoisotopic (exact) mass is 455 g/mol. The van der Waals surface area contributed by atoms with Crippen LogP contribution in [0.5, 0.6) is 0 Å². The molecule has 1 aliphatic heterocycles. The highest BCUT2D eigenvalue weighted by Gasteiger charge is 2.45. The minimum absolute atomic E-state index is 0.316. The van der Waals surface area contributed by atoms with Gasteiger partial charge in [-0.1, -0.05) is 69.6 Å². The van der Waals surface area contributed by atoms with Crippen LogP contribution in [0.2, 0.25) is 0 Å². The van der Waals surface area contributed by atoms with E-state index in [-0.39, 0.29) is 0 Å². The molecule has 1 heterocycles. The fourth-order valence-electron chi connectivity index (χ4n) is 3.03. The third-order valence-electron chi connectivity index (χ3n) is 4.04. The summed E-state index contributed by atoms with van der Waals surface area (Å²) in [5.74, 6) is -1.95. The second kappa shape index (κ2) is 8.08. The summed E-state index contributed by atoms with van der Waals surface area (Å²) >= 11 is 34.7. The van der Waals surface area contributed by atoms with Crippen LogP contribution in [0.1, 0.15) is 19.3 Å². The molecule has 0 aromatic heterocycles. The Morgan fingerprint density at radius 1 is 1.00 bits per heavy atom. The summed E-state index contributed by atoms with van der Waals surface area (Å²) in [6.07, 6.45) is 1.44. The summed E-state index contributed by atoms with van der Waals surface area (Å²) in [5, 5.41) is 0. The predicted octanol–water partition coefficient (Wildman–Crippen LogP) is 4.25. The number of allylic oxidation sites excluding steroid dienone is 2. The average Bonchev–Trinajstić information content (AvgIpc) is 2.51. The van der Waals surface area contributed by atoms with Gasteiger partial charge in [0.2, 0.25) is 9.58 Å². The molecule has 0 aromatic carbocycles. The Labute approximate surface area is 170 Å². The molecule has 0 amide bonds. The molecular weight excluding hydrogens is 443 g/mol. The number of Topliss-reactive ketones (excluding diaryl/α,β-unsaturated/α-hetero) is 2. The van der Waals surface area contributed by atoms with Crippen LogP contribution in [0, 0.1) is 5.92 Å². The quantitative estimate of drug-likeness (QED) is 0.594. The lowest BCUT2D eigenvalue weighted by atomic mass is 9.82. The lowest BCUT2D eigenvalue weighted by Crippen LogP contribution is -2.44. The summed E-state index contributed by atoms with van der Waals surface area (Å²) in [7, 11) is 0. The minimum Gasteiger partial charge on any atom is -0.378 e. The third-order valence-corrected chi connectivity index (χ3v) is 5.11. The van der Waals surface area contributed by atoms with Gasteiger partial charge < -0.3 is 9.64 Å². The van der Waals surface area contributed by atoms with Gasteiger partial charge in [0.25, 0.3) is 3.79 Å². The fraction of sp³-hybridized carbons (Fsp3) is 0.714. The number of carbonyl (C=O) groups is 2. The molecule has 0 spiro atoms. The second-order valence-electron chi connectivity index (χ2n) is 5.60. The SMILES string of the molecule is O=C(C1=C(N2CCOCC2)C(C(=O)C(Cl)(Cl)Cl)CCC1)C(Cl)(Cl)Cl. The number of hydrogen-bond acceptors (Lipinski definition) is 4. The largest absolute Gasteiger partial charge is 0.378 e. The molecule has 1 aliphatic carbocycles. The molecule has 1 saturated heterocycles. The van der Waals surface area contributed by atoms with Gasteiger partial charge in [0.15, 0.2) is 5.78 Å². The Hall–Kier alpha value is 0.580. The molecule has 2 aliphatic rings. The van der Waals surface area contributed by atoms with Crippen LogP contribution in [0.25, 0.3) is 0 Å². The molecule has 1 atom stereocenters. The Balaban J connectivity index is 2.50. The Morgan fingerprint density at radius 2 is 1.58 bits per heavy atom.